The maximum atomic E-state index is 13.0. The average Bonchev–Trinajstić information content (AvgIpc) is 3.13. The molecule has 0 bridgehead atoms. The summed E-state index contributed by atoms with van der Waals surface area (Å²) >= 11 is 0. The van der Waals surface area contributed by atoms with Crippen molar-refractivity contribution < 1.29 is 4.79 Å². The molecule has 2 aliphatic heterocycles. The van der Waals surface area contributed by atoms with Crippen molar-refractivity contribution >= 4 is 18.3 Å². The zero-order chi connectivity index (χ0) is 17.8. The van der Waals surface area contributed by atoms with Crippen LogP contribution in [-0.4, -0.2) is 40.6 Å². The molecule has 1 unspecified atom stereocenters. The molecule has 1 atom stereocenters. The third-order valence-electron chi connectivity index (χ3n) is 5.74. The van der Waals surface area contributed by atoms with Gasteiger partial charge in [0, 0.05) is 43.9 Å². The number of likely N-dealkylation sites (tertiary alicyclic amines) is 1. The molecule has 2 N–H and O–H groups in total. The molecule has 1 aromatic carbocycles. The Bertz CT molecular complexity index is 746. The first-order chi connectivity index (χ1) is 12.8. The number of hydrogen-bond acceptors (Lipinski definition) is 3. The van der Waals surface area contributed by atoms with Crippen LogP contribution in [0.4, 0.5) is 0 Å². The van der Waals surface area contributed by atoms with E-state index in [1.807, 2.05) is 4.90 Å². The van der Waals surface area contributed by atoms with E-state index >= 15 is 0 Å². The first-order valence-electron chi connectivity index (χ1n) is 9.91. The molecule has 0 aliphatic carbocycles. The number of carbonyl (C=O) groups excluding carboxylic acids is 1. The van der Waals surface area contributed by atoms with E-state index in [9.17, 15) is 4.79 Å². The van der Waals surface area contributed by atoms with Gasteiger partial charge in [-0.25, -0.2) is 0 Å². The first-order valence-corrected chi connectivity index (χ1v) is 9.91. The molecule has 146 valence electrons. The van der Waals surface area contributed by atoms with Gasteiger partial charge in [0.15, 0.2) is 5.69 Å². The predicted molar refractivity (Wildman–Crippen MR) is 109 cm³/mol. The lowest BCUT2D eigenvalue weighted by molar-refractivity contribution is 0.0659. The minimum atomic E-state index is 0. The highest BCUT2D eigenvalue weighted by Crippen LogP contribution is 2.25. The molecular weight excluding hydrogens is 360 g/mol. The Kier molecular flexibility index (Phi) is 6.91. The van der Waals surface area contributed by atoms with Crippen molar-refractivity contribution in [1.82, 2.24) is 20.4 Å². The molecule has 0 saturated carbocycles. The van der Waals surface area contributed by atoms with Crippen LogP contribution in [0.25, 0.3) is 0 Å². The molecule has 1 fully saturated rings. The number of carbonyl (C=O) groups is 1. The van der Waals surface area contributed by atoms with Crippen LogP contribution in [-0.2, 0) is 19.4 Å². The zero-order valence-electron chi connectivity index (χ0n) is 15.7. The van der Waals surface area contributed by atoms with Gasteiger partial charge in [0.05, 0.1) is 0 Å². The standard InChI is InChI=1S/C21H28N4O.ClH/c26-21(20-18-14-22-12-11-19(18)23-24-20)25-13-5-10-17(15-25)9-4-8-16-6-2-1-3-7-16;/h1-3,6-7,17,22H,4-5,8-15H2,(H,23,24);1H. The monoisotopic (exact) mass is 388 g/mol. The summed E-state index contributed by atoms with van der Waals surface area (Å²) in [7, 11) is 0. The smallest absolute Gasteiger partial charge is 0.274 e. The van der Waals surface area contributed by atoms with Gasteiger partial charge >= 0.3 is 0 Å². The number of rotatable bonds is 5. The van der Waals surface area contributed by atoms with E-state index in [2.05, 4.69) is 45.8 Å². The van der Waals surface area contributed by atoms with E-state index in [0.29, 0.717) is 11.6 Å². The predicted octanol–water partition coefficient (Wildman–Crippen LogP) is 3.35. The van der Waals surface area contributed by atoms with Crippen molar-refractivity contribution in [2.45, 2.75) is 45.1 Å². The number of fused-ring (bicyclic) bond motifs is 1. The zero-order valence-corrected chi connectivity index (χ0v) is 16.6. The summed E-state index contributed by atoms with van der Waals surface area (Å²) in [6.07, 6.45) is 6.78. The molecule has 1 aromatic heterocycles. The fourth-order valence-electron chi connectivity index (χ4n) is 4.28. The van der Waals surface area contributed by atoms with E-state index in [1.54, 1.807) is 0 Å². The van der Waals surface area contributed by atoms with Gasteiger partial charge in [-0.1, -0.05) is 30.3 Å². The average molecular weight is 389 g/mol. The molecule has 0 radical (unpaired) electrons. The van der Waals surface area contributed by atoms with Crippen LogP contribution in [0.15, 0.2) is 30.3 Å². The fourth-order valence-corrected chi connectivity index (χ4v) is 4.28. The van der Waals surface area contributed by atoms with Crippen LogP contribution in [0.1, 0.15) is 53.0 Å². The molecule has 1 saturated heterocycles. The molecule has 2 aromatic rings. The minimum Gasteiger partial charge on any atom is -0.337 e. The van der Waals surface area contributed by atoms with Crippen molar-refractivity contribution in [3.63, 3.8) is 0 Å². The topological polar surface area (TPSA) is 61.0 Å². The molecule has 5 nitrogen and oxygen atoms in total. The van der Waals surface area contributed by atoms with Gasteiger partial charge < -0.3 is 10.2 Å². The third kappa shape index (κ3) is 4.71. The Morgan fingerprint density at radius 3 is 2.96 bits per heavy atom. The Morgan fingerprint density at radius 2 is 2.11 bits per heavy atom. The number of H-pyrrole nitrogens is 1. The molecule has 1 amide bonds. The Hall–Kier alpha value is -1.85. The van der Waals surface area contributed by atoms with Crippen LogP contribution in [0, 0.1) is 5.92 Å². The maximum absolute atomic E-state index is 13.0. The Balaban J connectivity index is 0.00000210. The van der Waals surface area contributed by atoms with E-state index in [-0.39, 0.29) is 18.3 Å². The van der Waals surface area contributed by atoms with Crippen molar-refractivity contribution in [2.75, 3.05) is 19.6 Å². The van der Waals surface area contributed by atoms with Crippen molar-refractivity contribution in [2.24, 2.45) is 5.92 Å². The second-order valence-electron chi connectivity index (χ2n) is 7.59. The molecule has 0 spiro atoms. The summed E-state index contributed by atoms with van der Waals surface area (Å²) in [6.45, 7) is 3.45. The second-order valence-corrected chi connectivity index (χ2v) is 7.59. The van der Waals surface area contributed by atoms with Gasteiger partial charge in [-0.05, 0) is 43.6 Å². The molecular formula is C21H29ClN4O. The molecule has 3 heterocycles. The lowest BCUT2D eigenvalue weighted by Crippen LogP contribution is -2.40. The number of aromatic nitrogens is 2. The normalized spacial score (nSPS) is 19.3. The van der Waals surface area contributed by atoms with Gasteiger partial charge in [-0.3, -0.25) is 9.89 Å². The first kappa shape index (κ1) is 19.9. The van der Waals surface area contributed by atoms with Crippen molar-refractivity contribution in [1.29, 1.82) is 0 Å². The molecule has 2 aliphatic rings. The van der Waals surface area contributed by atoms with Gasteiger partial charge in [-0.15, -0.1) is 12.4 Å². The van der Waals surface area contributed by atoms with Gasteiger partial charge in [0.25, 0.3) is 5.91 Å². The third-order valence-corrected chi connectivity index (χ3v) is 5.74. The minimum absolute atomic E-state index is 0. The largest absolute Gasteiger partial charge is 0.337 e. The van der Waals surface area contributed by atoms with Crippen molar-refractivity contribution in [3.8, 4) is 0 Å². The highest BCUT2D eigenvalue weighted by Gasteiger charge is 2.29. The van der Waals surface area contributed by atoms with E-state index in [4.69, 9.17) is 0 Å². The van der Waals surface area contributed by atoms with Gasteiger partial charge in [0.2, 0.25) is 0 Å². The Labute approximate surface area is 167 Å². The number of benzene rings is 1. The highest BCUT2D eigenvalue weighted by molar-refractivity contribution is 5.94. The number of halogens is 1. The van der Waals surface area contributed by atoms with E-state index < -0.39 is 0 Å². The van der Waals surface area contributed by atoms with Gasteiger partial charge in [-0.2, -0.15) is 5.10 Å². The number of aryl methyl sites for hydroxylation is 1. The van der Waals surface area contributed by atoms with Crippen LogP contribution in [0.2, 0.25) is 0 Å². The number of amides is 1. The molecule has 4 rings (SSSR count). The summed E-state index contributed by atoms with van der Waals surface area (Å²) in [5.74, 6) is 0.725. The summed E-state index contributed by atoms with van der Waals surface area (Å²) in [6, 6.07) is 10.7. The highest BCUT2D eigenvalue weighted by atomic mass is 35.5. The van der Waals surface area contributed by atoms with Gasteiger partial charge in [0.1, 0.15) is 0 Å². The summed E-state index contributed by atoms with van der Waals surface area (Å²) in [5, 5.41) is 10.8. The number of nitrogens with zero attached hydrogens (tertiary/aromatic N) is 2. The SMILES string of the molecule is Cl.O=C(c1n[nH]c2c1CNCC2)N1CCCC(CCCc2ccccc2)C1. The fraction of sp³-hybridized carbons (Fsp3) is 0.524. The van der Waals surface area contributed by atoms with Crippen LogP contribution >= 0.6 is 12.4 Å². The van der Waals surface area contributed by atoms with Crippen molar-refractivity contribution in [3.05, 3.63) is 52.8 Å². The lowest BCUT2D eigenvalue weighted by Gasteiger charge is -2.32. The number of piperidine rings is 1. The molecule has 27 heavy (non-hydrogen) atoms. The summed E-state index contributed by atoms with van der Waals surface area (Å²) in [5.41, 5.74) is 4.25. The van der Waals surface area contributed by atoms with E-state index in [0.717, 1.165) is 56.7 Å². The number of hydrogen-bond donors (Lipinski definition) is 2. The van der Waals surface area contributed by atoms with Crippen LogP contribution < -0.4 is 5.32 Å². The molecule has 6 heteroatoms. The Morgan fingerprint density at radius 1 is 1.26 bits per heavy atom. The van der Waals surface area contributed by atoms with E-state index in [1.165, 1.54) is 24.8 Å². The van der Waals surface area contributed by atoms with Crippen LogP contribution in [0.3, 0.4) is 0 Å². The number of aromatic amines is 1. The second kappa shape index (κ2) is 9.38. The summed E-state index contributed by atoms with van der Waals surface area (Å²) in [4.78, 5) is 15.0. The maximum Gasteiger partial charge on any atom is 0.274 e. The quantitative estimate of drug-likeness (QED) is 0.825. The lowest BCUT2D eigenvalue weighted by atomic mass is 9.91. The number of nitrogens with one attached hydrogen (secondary N) is 2. The summed E-state index contributed by atoms with van der Waals surface area (Å²) < 4.78 is 0. The van der Waals surface area contributed by atoms with Crippen LogP contribution in [0.5, 0.6) is 0 Å².